The first-order valence-electron chi connectivity index (χ1n) is 10.7. The van der Waals surface area contributed by atoms with Crippen molar-refractivity contribution in [1.29, 1.82) is 0 Å². The van der Waals surface area contributed by atoms with Crippen LogP contribution in [0, 0.1) is 12.7 Å². The Morgan fingerprint density at radius 1 is 1.00 bits per heavy atom. The third-order valence-corrected chi connectivity index (χ3v) is 6.19. The molecule has 1 N–H and O–H groups in total. The number of aryl methyl sites for hydroxylation is 1. The maximum absolute atomic E-state index is 13.7. The average Bonchev–Trinajstić information content (AvgIpc) is 3.31. The largest absolute Gasteiger partial charge is 0.497 e. The zero-order valence-corrected chi connectivity index (χ0v) is 18.1. The summed E-state index contributed by atoms with van der Waals surface area (Å²) in [5.41, 5.74) is 5.84. The lowest BCUT2D eigenvalue weighted by Gasteiger charge is -2.39. The number of anilines is 1. The van der Waals surface area contributed by atoms with E-state index in [1.165, 1.54) is 17.7 Å². The summed E-state index contributed by atoms with van der Waals surface area (Å²) in [4.78, 5) is 4.45. The first kappa shape index (κ1) is 19.5. The molecule has 0 saturated carbocycles. The first-order chi connectivity index (χ1) is 16.1. The number of hydrogen-bond acceptors (Lipinski definition) is 5. The minimum atomic E-state index is -0.447. The van der Waals surface area contributed by atoms with E-state index >= 15 is 0 Å². The molecule has 6 nitrogen and oxygen atoms in total. The molecule has 0 spiro atoms. The monoisotopic (exact) mass is 440 g/mol. The van der Waals surface area contributed by atoms with Crippen LogP contribution in [-0.4, -0.2) is 21.9 Å². The molecular weight excluding hydrogens is 419 g/mol. The van der Waals surface area contributed by atoms with Crippen molar-refractivity contribution in [2.75, 3.05) is 12.4 Å². The van der Waals surface area contributed by atoms with E-state index in [0.717, 1.165) is 33.7 Å². The molecule has 3 heterocycles. The van der Waals surface area contributed by atoms with Crippen LogP contribution in [0.25, 0.3) is 5.70 Å². The molecule has 0 radical (unpaired) electrons. The van der Waals surface area contributed by atoms with Gasteiger partial charge >= 0.3 is 0 Å². The highest BCUT2D eigenvalue weighted by Gasteiger charge is 2.41. The van der Waals surface area contributed by atoms with E-state index in [0.29, 0.717) is 11.7 Å². The highest BCUT2D eigenvalue weighted by Crippen LogP contribution is 2.51. The van der Waals surface area contributed by atoms with E-state index in [1.54, 1.807) is 25.6 Å². The standard InChI is InChI=1S/C26H21FN4O2/c1-15-3-5-16(6-4-15)24-22-23(30-26-28-14-29-31(24)26)20-13-19(32-2)11-12-21(20)33-25(22)17-7-9-18(27)10-8-17/h3-14,24-25H,1-2H3,(H,28,29,30)/t24-,25-/m1/s1. The summed E-state index contributed by atoms with van der Waals surface area (Å²) < 4.78 is 27.7. The Labute approximate surface area is 190 Å². The number of benzene rings is 3. The lowest BCUT2D eigenvalue weighted by atomic mass is 9.84. The summed E-state index contributed by atoms with van der Waals surface area (Å²) in [7, 11) is 1.64. The van der Waals surface area contributed by atoms with Crippen molar-refractivity contribution in [3.63, 3.8) is 0 Å². The van der Waals surface area contributed by atoms with Gasteiger partial charge in [0.1, 0.15) is 35.8 Å². The molecule has 0 aliphatic carbocycles. The van der Waals surface area contributed by atoms with Gasteiger partial charge in [0, 0.05) is 11.1 Å². The van der Waals surface area contributed by atoms with Crippen LogP contribution in [0.3, 0.4) is 0 Å². The van der Waals surface area contributed by atoms with Gasteiger partial charge in [-0.3, -0.25) is 0 Å². The van der Waals surface area contributed by atoms with Crippen LogP contribution in [0.2, 0.25) is 0 Å². The number of aromatic nitrogens is 3. The maximum Gasteiger partial charge on any atom is 0.226 e. The van der Waals surface area contributed by atoms with Crippen molar-refractivity contribution in [1.82, 2.24) is 14.8 Å². The van der Waals surface area contributed by atoms with Gasteiger partial charge in [0.2, 0.25) is 5.95 Å². The molecule has 2 aliphatic heterocycles. The number of methoxy groups -OCH3 is 1. The Morgan fingerprint density at radius 2 is 1.76 bits per heavy atom. The van der Waals surface area contributed by atoms with Gasteiger partial charge in [-0.15, -0.1) is 0 Å². The van der Waals surface area contributed by atoms with Crippen LogP contribution < -0.4 is 14.8 Å². The average molecular weight is 440 g/mol. The normalized spacial score (nSPS) is 18.5. The molecule has 6 rings (SSSR count). The molecule has 1 aromatic heterocycles. The number of hydrogen-bond donors (Lipinski definition) is 1. The molecule has 4 aromatic rings. The summed E-state index contributed by atoms with van der Waals surface area (Å²) in [6, 6.07) is 20.3. The minimum absolute atomic E-state index is 0.256. The fourth-order valence-electron chi connectivity index (χ4n) is 4.56. The van der Waals surface area contributed by atoms with Gasteiger partial charge in [0.05, 0.1) is 12.8 Å². The third kappa shape index (κ3) is 3.16. The number of rotatable bonds is 3. The van der Waals surface area contributed by atoms with E-state index in [-0.39, 0.29) is 11.9 Å². The van der Waals surface area contributed by atoms with E-state index in [1.807, 2.05) is 22.9 Å². The van der Waals surface area contributed by atoms with Crippen LogP contribution in [-0.2, 0) is 0 Å². The van der Waals surface area contributed by atoms with Crippen LogP contribution in [0.15, 0.2) is 78.6 Å². The molecule has 164 valence electrons. The summed E-state index contributed by atoms with van der Waals surface area (Å²) in [6.45, 7) is 2.06. The van der Waals surface area contributed by atoms with E-state index in [2.05, 4.69) is 46.6 Å². The molecule has 2 atom stereocenters. The number of halogens is 1. The van der Waals surface area contributed by atoms with Crippen LogP contribution >= 0.6 is 0 Å². The first-order valence-corrected chi connectivity index (χ1v) is 10.7. The highest BCUT2D eigenvalue weighted by atomic mass is 19.1. The number of fused-ring (bicyclic) bond motifs is 3. The van der Waals surface area contributed by atoms with Gasteiger partial charge in [-0.25, -0.2) is 9.07 Å². The summed E-state index contributed by atoms with van der Waals surface area (Å²) in [5.74, 6) is 1.80. The van der Waals surface area contributed by atoms with Crippen molar-refractivity contribution >= 4 is 11.6 Å². The second-order valence-corrected chi connectivity index (χ2v) is 8.21. The molecule has 33 heavy (non-hydrogen) atoms. The van der Waals surface area contributed by atoms with Crippen molar-refractivity contribution in [2.45, 2.75) is 19.1 Å². The van der Waals surface area contributed by atoms with Crippen molar-refractivity contribution in [3.05, 3.63) is 107 Å². The van der Waals surface area contributed by atoms with Gasteiger partial charge in [0.25, 0.3) is 0 Å². The van der Waals surface area contributed by atoms with Gasteiger partial charge in [0.15, 0.2) is 0 Å². The van der Waals surface area contributed by atoms with Crippen molar-refractivity contribution < 1.29 is 13.9 Å². The molecule has 3 aromatic carbocycles. The Balaban J connectivity index is 1.62. The van der Waals surface area contributed by atoms with Crippen molar-refractivity contribution in [2.24, 2.45) is 0 Å². The Morgan fingerprint density at radius 3 is 2.52 bits per heavy atom. The predicted molar refractivity (Wildman–Crippen MR) is 123 cm³/mol. The summed E-state index contributed by atoms with van der Waals surface area (Å²) in [6.07, 6.45) is 1.10. The second-order valence-electron chi connectivity index (χ2n) is 8.21. The Hall–Kier alpha value is -4.13. The molecule has 7 heteroatoms. The molecule has 0 bridgehead atoms. The number of ether oxygens (including phenoxy) is 2. The quantitative estimate of drug-likeness (QED) is 0.469. The lowest BCUT2D eigenvalue weighted by molar-refractivity contribution is 0.222. The maximum atomic E-state index is 13.7. The Bertz CT molecular complexity index is 1380. The smallest absolute Gasteiger partial charge is 0.226 e. The van der Waals surface area contributed by atoms with E-state index in [4.69, 9.17) is 9.47 Å². The zero-order valence-electron chi connectivity index (χ0n) is 18.1. The van der Waals surface area contributed by atoms with E-state index in [9.17, 15) is 4.39 Å². The topological polar surface area (TPSA) is 61.2 Å². The third-order valence-electron chi connectivity index (χ3n) is 6.19. The molecule has 0 saturated heterocycles. The fraction of sp³-hybridized carbons (Fsp3) is 0.154. The van der Waals surface area contributed by atoms with Gasteiger partial charge < -0.3 is 14.8 Å². The highest BCUT2D eigenvalue weighted by molar-refractivity contribution is 5.85. The van der Waals surface area contributed by atoms with Gasteiger partial charge in [-0.1, -0.05) is 42.0 Å². The van der Waals surface area contributed by atoms with Crippen LogP contribution in [0.1, 0.15) is 34.4 Å². The number of nitrogens with zero attached hydrogens (tertiary/aromatic N) is 3. The van der Waals surface area contributed by atoms with E-state index < -0.39 is 6.10 Å². The number of nitrogens with one attached hydrogen (secondary N) is 1. The van der Waals surface area contributed by atoms with Crippen LogP contribution in [0.4, 0.5) is 10.3 Å². The minimum Gasteiger partial charge on any atom is -0.497 e. The zero-order chi connectivity index (χ0) is 22.5. The fourth-order valence-corrected chi connectivity index (χ4v) is 4.56. The molecule has 0 amide bonds. The van der Waals surface area contributed by atoms with Gasteiger partial charge in [-0.2, -0.15) is 10.1 Å². The Kier molecular flexibility index (Phi) is 4.43. The predicted octanol–water partition coefficient (Wildman–Crippen LogP) is 5.29. The van der Waals surface area contributed by atoms with Crippen molar-refractivity contribution in [3.8, 4) is 11.5 Å². The lowest BCUT2D eigenvalue weighted by Crippen LogP contribution is -2.32. The summed E-state index contributed by atoms with van der Waals surface area (Å²) in [5, 5.41) is 8.00. The molecule has 0 unspecified atom stereocenters. The molecule has 0 fully saturated rings. The van der Waals surface area contributed by atoms with Crippen LogP contribution in [0.5, 0.6) is 11.5 Å². The van der Waals surface area contributed by atoms with Gasteiger partial charge in [-0.05, 0) is 48.4 Å². The molecular formula is C26H21FN4O2. The summed E-state index contributed by atoms with van der Waals surface area (Å²) >= 11 is 0. The second kappa shape index (κ2) is 7.48. The SMILES string of the molecule is COc1ccc2c(c1)C1=C([C@@H](c3ccc(F)cc3)O2)[C@@H](c2ccc(C)cc2)n2ncnc2N1. The molecule has 2 aliphatic rings.